The van der Waals surface area contributed by atoms with Crippen molar-refractivity contribution in [3.63, 3.8) is 0 Å². The molecular formula is C16H12N2O3. The number of rotatable bonds is 2. The van der Waals surface area contributed by atoms with Crippen molar-refractivity contribution >= 4 is 28.9 Å². The summed E-state index contributed by atoms with van der Waals surface area (Å²) >= 11 is 0. The lowest BCUT2D eigenvalue weighted by Gasteiger charge is -2.07. The highest BCUT2D eigenvalue weighted by atomic mass is 16.6. The third-order valence-electron chi connectivity index (χ3n) is 3.48. The van der Waals surface area contributed by atoms with E-state index < -0.39 is 4.92 Å². The second-order valence-electron chi connectivity index (χ2n) is 4.79. The molecule has 0 spiro atoms. The third-order valence-corrected chi connectivity index (χ3v) is 3.48. The minimum Gasteiger partial charge on any atom is -0.311 e. The fourth-order valence-corrected chi connectivity index (χ4v) is 2.43. The van der Waals surface area contributed by atoms with E-state index in [1.807, 2.05) is 24.3 Å². The van der Waals surface area contributed by atoms with Gasteiger partial charge in [0.05, 0.1) is 10.6 Å². The predicted octanol–water partition coefficient (Wildman–Crippen LogP) is 3.11. The SMILES string of the molecule is CN1C(=O)/C(=C/c2cccc([N+](=O)[O-])c2)c2ccccc21. The Morgan fingerprint density at radius 2 is 1.90 bits per heavy atom. The number of fused-ring (bicyclic) bond motifs is 1. The molecule has 0 aromatic heterocycles. The molecule has 3 rings (SSSR count). The molecule has 0 saturated carbocycles. The van der Waals surface area contributed by atoms with Crippen LogP contribution in [-0.4, -0.2) is 17.9 Å². The highest BCUT2D eigenvalue weighted by Gasteiger charge is 2.29. The monoisotopic (exact) mass is 280 g/mol. The predicted molar refractivity (Wildman–Crippen MR) is 80.8 cm³/mol. The van der Waals surface area contributed by atoms with Gasteiger partial charge in [-0.2, -0.15) is 0 Å². The second kappa shape index (κ2) is 4.86. The van der Waals surface area contributed by atoms with Crippen molar-refractivity contribution in [2.24, 2.45) is 0 Å². The van der Waals surface area contributed by atoms with Crippen LogP contribution in [0.15, 0.2) is 48.5 Å². The topological polar surface area (TPSA) is 63.5 Å². The average molecular weight is 280 g/mol. The standard InChI is InChI=1S/C16H12N2O3/c1-17-15-8-3-2-7-13(15)14(16(17)19)10-11-5-4-6-12(9-11)18(20)21/h2-10H,1H3/b14-10+. The van der Waals surface area contributed by atoms with Gasteiger partial charge in [-0.15, -0.1) is 0 Å². The first kappa shape index (κ1) is 13.1. The molecule has 0 unspecified atom stereocenters. The van der Waals surface area contributed by atoms with Gasteiger partial charge in [0.25, 0.3) is 11.6 Å². The summed E-state index contributed by atoms with van der Waals surface area (Å²) in [6.07, 6.45) is 1.69. The fourth-order valence-electron chi connectivity index (χ4n) is 2.43. The molecule has 0 aliphatic carbocycles. The minimum atomic E-state index is -0.446. The summed E-state index contributed by atoms with van der Waals surface area (Å²) in [6.45, 7) is 0. The molecule has 0 atom stereocenters. The lowest BCUT2D eigenvalue weighted by molar-refractivity contribution is -0.384. The van der Waals surface area contributed by atoms with Gasteiger partial charge in [0.15, 0.2) is 0 Å². The third kappa shape index (κ3) is 2.18. The number of para-hydroxylation sites is 1. The van der Waals surface area contributed by atoms with E-state index in [4.69, 9.17) is 0 Å². The number of hydrogen-bond acceptors (Lipinski definition) is 3. The zero-order valence-electron chi connectivity index (χ0n) is 11.3. The van der Waals surface area contributed by atoms with Crippen LogP contribution in [0.2, 0.25) is 0 Å². The summed E-state index contributed by atoms with van der Waals surface area (Å²) in [5, 5.41) is 10.8. The number of nitro groups is 1. The number of nitro benzene ring substituents is 1. The van der Waals surface area contributed by atoms with Crippen molar-refractivity contribution in [1.29, 1.82) is 0 Å². The van der Waals surface area contributed by atoms with E-state index >= 15 is 0 Å². The van der Waals surface area contributed by atoms with Crippen LogP contribution in [0.5, 0.6) is 0 Å². The van der Waals surface area contributed by atoms with Crippen molar-refractivity contribution in [3.8, 4) is 0 Å². The number of hydrogen-bond donors (Lipinski definition) is 0. The zero-order chi connectivity index (χ0) is 15.0. The summed E-state index contributed by atoms with van der Waals surface area (Å²) in [5.41, 5.74) is 2.89. The van der Waals surface area contributed by atoms with E-state index in [-0.39, 0.29) is 11.6 Å². The minimum absolute atomic E-state index is 0.0106. The maximum Gasteiger partial charge on any atom is 0.270 e. The van der Waals surface area contributed by atoms with Crippen molar-refractivity contribution < 1.29 is 9.72 Å². The molecule has 2 aromatic rings. The highest BCUT2D eigenvalue weighted by molar-refractivity contribution is 6.35. The Hall–Kier alpha value is -2.95. The lowest BCUT2D eigenvalue weighted by Crippen LogP contribution is -2.20. The Balaban J connectivity index is 2.10. The summed E-state index contributed by atoms with van der Waals surface area (Å²) in [6, 6.07) is 13.7. The number of likely N-dealkylation sites (N-methyl/N-ethyl adjacent to an activating group) is 1. The Kier molecular flexibility index (Phi) is 3.02. The molecule has 0 bridgehead atoms. The maximum absolute atomic E-state index is 12.3. The van der Waals surface area contributed by atoms with Crippen LogP contribution in [0.25, 0.3) is 11.6 Å². The van der Waals surface area contributed by atoms with E-state index in [1.165, 1.54) is 12.1 Å². The normalized spacial score (nSPS) is 15.4. The van der Waals surface area contributed by atoms with Crippen molar-refractivity contribution in [1.82, 2.24) is 0 Å². The molecule has 2 aromatic carbocycles. The van der Waals surface area contributed by atoms with E-state index in [2.05, 4.69) is 0 Å². The van der Waals surface area contributed by atoms with E-state index in [0.717, 1.165) is 11.3 Å². The van der Waals surface area contributed by atoms with Crippen molar-refractivity contribution in [2.75, 3.05) is 11.9 Å². The fraction of sp³-hybridized carbons (Fsp3) is 0.0625. The second-order valence-corrected chi connectivity index (χ2v) is 4.79. The summed E-state index contributed by atoms with van der Waals surface area (Å²) in [5.74, 6) is -0.109. The maximum atomic E-state index is 12.3. The van der Waals surface area contributed by atoms with E-state index in [9.17, 15) is 14.9 Å². The number of benzene rings is 2. The molecule has 21 heavy (non-hydrogen) atoms. The van der Waals surface area contributed by atoms with Gasteiger partial charge in [0.2, 0.25) is 0 Å². The molecule has 1 amide bonds. The molecule has 104 valence electrons. The molecule has 0 radical (unpaired) electrons. The van der Waals surface area contributed by atoms with Gasteiger partial charge in [0.1, 0.15) is 0 Å². The first-order chi connectivity index (χ1) is 10.1. The van der Waals surface area contributed by atoms with Gasteiger partial charge in [-0.1, -0.05) is 30.3 Å². The van der Waals surface area contributed by atoms with Crippen LogP contribution in [0.1, 0.15) is 11.1 Å². The Bertz CT molecular complexity index is 781. The highest BCUT2D eigenvalue weighted by Crippen LogP contribution is 2.36. The van der Waals surface area contributed by atoms with Crippen LogP contribution in [0.4, 0.5) is 11.4 Å². The van der Waals surface area contributed by atoms with E-state index in [0.29, 0.717) is 11.1 Å². The number of nitrogens with zero attached hydrogens (tertiary/aromatic N) is 2. The van der Waals surface area contributed by atoms with Gasteiger partial charge in [-0.05, 0) is 17.7 Å². The van der Waals surface area contributed by atoms with Gasteiger partial charge < -0.3 is 4.90 Å². The van der Waals surface area contributed by atoms with Crippen LogP contribution in [-0.2, 0) is 4.79 Å². The average Bonchev–Trinajstić information content (AvgIpc) is 2.73. The zero-order valence-corrected chi connectivity index (χ0v) is 11.3. The lowest BCUT2D eigenvalue weighted by atomic mass is 10.0. The first-order valence-electron chi connectivity index (χ1n) is 6.41. The molecule has 0 fully saturated rings. The number of anilines is 1. The quantitative estimate of drug-likeness (QED) is 0.482. The molecule has 0 N–H and O–H groups in total. The van der Waals surface area contributed by atoms with Crippen LogP contribution in [0.3, 0.4) is 0 Å². The summed E-state index contributed by atoms with van der Waals surface area (Å²) < 4.78 is 0. The Morgan fingerprint density at radius 3 is 2.67 bits per heavy atom. The number of carbonyl (C=O) groups excluding carboxylic acids is 1. The van der Waals surface area contributed by atoms with Gasteiger partial charge in [0, 0.05) is 30.3 Å². The molecule has 1 aliphatic heterocycles. The van der Waals surface area contributed by atoms with Gasteiger partial charge >= 0.3 is 0 Å². The number of non-ortho nitro benzene ring substituents is 1. The Morgan fingerprint density at radius 1 is 1.14 bits per heavy atom. The first-order valence-corrected chi connectivity index (χ1v) is 6.41. The van der Waals surface area contributed by atoms with Crippen molar-refractivity contribution in [2.45, 2.75) is 0 Å². The molecule has 1 aliphatic rings. The van der Waals surface area contributed by atoms with Crippen LogP contribution < -0.4 is 4.90 Å². The summed E-state index contributed by atoms with van der Waals surface area (Å²) in [7, 11) is 1.72. The van der Waals surface area contributed by atoms with Crippen LogP contribution in [0, 0.1) is 10.1 Å². The van der Waals surface area contributed by atoms with Crippen molar-refractivity contribution in [3.05, 3.63) is 69.8 Å². The van der Waals surface area contributed by atoms with Gasteiger partial charge in [-0.3, -0.25) is 14.9 Å². The molecule has 5 nitrogen and oxygen atoms in total. The molecule has 0 saturated heterocycles. The van der Waals surface area contributed by atoms with Crippen LogP contribution >= 0.6 is 0 Å². The smallest absolute Gasteiger partial charge is 0.270 e. The molecule has 5 heteroatoms. The molecule has 1 heterocycles. The number of carbonyl (C=O) groups is 1. The molecular weight excluding hydrogens is 268 g/mol. The van der Waals surface area contributed by atoms with Gasteiger partial charge in [-0.25, -0.2) is 0 Å². The largest absolute Gasteiger partial charge is 0.311 e. The summed E-state index contributed by atoms with van der Waals surface area (Å²) in [4.78, 5) is 24.3. The van der Waals surface area contributed by atoms with E-state index in [1.54, 1.807) is 30.2 Å². The Labute approximate surface area is 121 Å². The number of amides is 1.